The second-order valence-electron chi connectivity index (χ2n) is 5.88. The molecule has 0 unspecified atom stereocenters. The molecule has 0 spiro atoms. The molecule has 0 amide bonds. The van der Waals surface area contributed by atoms with Crippen LogP contribution in [0.1, 0.15) is 6.42 Å². The molecule has 0 atom stereocenters. The third kappa shape index (κ3) is 5.74. The SMILES string of the molecule is Nc1ccc(OCCCOc2ccc(N=Nc3ccccc3)cc2)c(N)c1. The minimum Gasteiger partial charge on any atom is -0.493 e. The van der Waals surface area contributed by atoms with Crippen molar-refractivity contribution in [2.75, 3.05) is 24.7 Å². The Balaban J connectivity index is 1.40. The molecule has 3 rings (SSSR count). The summed E-state index contributed by atoms with van der Waals surface area (Å²) in [6.45, 7) is 1.05. The van der Waals surface area contributed by atoms with Gasteiger partial charge in [-0.1, -0.05) is 18.2 Å². The minimum atomic E-state index is 0.511. The number of hydrogen-bond acceptors (Lipinski definition) is 6. The first-order valence-electron chi connectivity index (χ1n) is 8.68. The van der Waals surface area contributed by atoms with Crippen molar-refractivity contribution in [1.29, 1.82) is 0 Å². The molecule has 0 saturated carbocycles. The van der Waals surface area contributed by atoms with Crippen molar-refractivity contribution in [3.05, 3.63) is 72.8 Å². The largest absolute Gasteiger partial charge is 0.493 e. The van der Waals surface area contributed by atoms with Gasteiger partial charge in [0.25, 0.3) is 0 Å². The lowest BCUT2D eigenvalue weighted by molar-refractivity contribution is 0.248. The maximum Gasteiger partial charge on any atom is 0.142 e. The quantitative estimate of drug-likeness (QED) is 0.330. The summed E-state index contributed by atoms with van der Waals surface area (Å²) in [4.78, 5) is 0. The van der Waals surface area contributed by atoms with E-state index in [1.54, 1.807) is 18.2 Å². The van der Waals surface area contributed by atoms with Crippen LogP contribution in [0.15, 0.2) is 83.0 Å². The third-order valence-electron chi connectivity index (χ3n) is 3.72. The fourth-order valence-corrected chi connectivity index (χ4v) is 2.35. The van der Waals surface area contributed by atoms with Crippen LogP contribution >= 0.6 is 0 Å². The van der Waals surface area contributed by atoms with E-state index < -0.39 is 0 Å². The lowest BCUT2D eigenvalue weighted by atomic mass is 10.2. The molecular formula is C21H22N4O2. The Morgan fingerprint density at radius 3 is 2.07 bits per heavy atom. The van der Waals surface area contributed by atoms with Crippen LogP contribution in [0.25, 0.3) is 0 Å². The van der Waals surface area contributed by atoms with E-state index in [0.29, 0.717) is 30.3 Å². The molecule has 0 aliphatic carbocycles. The van der Waals surface area contributed by atoms with Crippen LogP contribution in [0.2, 0.25) is 0 Å². The van der Waals surface area contributed by atoms with Gasteiger partial charge in [-0.25, -0.2) is 0 Å². The van der Waals surface area contributed by atoms with E-state index in [0.717, 1.165) is 23.5 Å². The minimum absolute atomic E-state index is 0.511. The van der Waals surface area contributed by atoms with Gasteiger partial charge < -0.3 is 20.9 Å². The van der Waals surface area contributed by atoms with Crippen molar-refractivity contribution < 1.29 is 9.47 Å². The van der Waals surface area contributed by atoms with Gasteiger partial charge in [0.15, 0.2) is 0 Å². The number of ether oxygens (including phenoxy) is 2. The maximum absolute atomic E-state index is 5.85. The zero-order valence-corrected chi connectivity index (χ0v) is 14.9. The van der Waals surface area contributed by atoms with E-state index in [2.05, 4.69) is 10.2 Å². The number of benzene rings is 3. The van der Waals surface area contributed by atoms with E-state index in [1.165, 1.54) is 0 Å². The Labute approximate surface area is 158 Å². The van der Waals surface area contributed by atoms with Crippen LogP contribution in [0.5, 0.6) is 11.5 Å². The number of nitrogen functional groups attached to an aromatic ring is 2. The Morgan fingerprint density at radius 2 is 1.37 bits per heavy atom. The van der Waals surface area contributed by atoms with Crippen molar-refractivity contribution >= 4 is 22.7 Å². The zero-order valence-electron chi connectivity index (χ0n) is 14.9. The summed E-state index contributed by atoms with van der Waals surface area (Å²) < 4.78 is 11.3. The molecule has 0 bridgehead atoms. The van der Waals surface area contributed by atoms with Crippen LogP contribution < -0.4 is 20.9 Å². The van der Waals surface area contributed by atoms with E-state index in [4.69, 9.17) is 20.9 Å². The smallest absolute Gasteiger partial charge is 0.142 e. The van der Waals surface area contributed by atoms with Crippen molar-refractivity contribution in [1.82, 2.24) is 0 Å². The van der Waals surface area contributed by atoms with Gasteiger partial charge in [-0.2, -0.15) is 10.2 Å². The summed E-state index contributed by atoms with van der Waals surface area (Å²) in [5.41, 5.74) is 14.3. The molecule has 3 aromatic carbocycles. The Hall–Kier alpha value is -3.54. The summed E-state index contributed by atoms with van der Waals surface area (Å²) in [6.07, 6.45) is 0.735. The molecule has 0 aliphatic rings. The van der Waals surface area contributed by atoms with Gasteiger partial charge in [0.05, 0.1) is 30.3 Å². The highest BCUT2D eigenvalue weighted by Crippen LogP contribution is 2.24. The molecule has 4 N–H and O–H groups in total. The number of hydrogen-bond donors (Lipinski definition) is 2. The topological polar surface area (TPSA) is 95.2 Å². The Morgan fingerprint density at radius 1 is 0.704 bits per heavy atom. The molecular weight excluding hydrogens is 340 g/mol. The second-order valence-corrected chi connectivity index (χ2v) is 5.88. The fraction of sp³-hybridized carbons (Fsp3) is 0.143. The zero-order chi connectivity index (χ0) is 18.9. The first kappa shape index (κ1) is 18.3. The lowest BCUT2D eigenvalue weighted by Gasteiger charge is -2.10. The molecule has 0 fully saturated rings. The average Bonchev–Trinajstić information content (AvgIpc) is 2.69. The van der Waals surface area contributed by atoms with Gasteiger partial charge in [0, 0.05) is 12.1 Å². The molecule has 6 nitrogen and oxygen atoms in total. The van der Waals surface area contributed by atoms with Gasteiger partial charge in [-0.05, 0) is 54.6 Å². The molecule has 6 heteroatoms. The first-order valence-corrected chi connectivity index (χ1v) is 8.68. The highest BCUT2D eigenvalue weighted by molar-refractivity contribution is 5.60. The standard InChI is InChI=1S/C21H22N4O2/c22-16-7-12-21(20(23)15-16)27-14-4-13-26-19-10-8-18(9-11-19)25-24-17-5-2-1-3-6-17/h1-3,5-12,15H,4,13-14,22-23H2. The summed E-state index contributed by atoms with van der Waals surface area (Å²) in [6, 6.07) is 22.3. The molecule has 0 aromatic heterocycles. The second kappa shape index (κ2) is 9.24. The van der Waals surface area contributed by atoms with Crippen molar-refractivity contribution in [3.8, 4) is 11.5 Å². The van der Waals surface area contributed by atoms with Crippen LogP contribution in [-0.4, -0.2) is 13.2 Å². The van der Waals surface area contributed by atoms with Crippen molar-refractivity contribution in [2.45, 2.75) is 6.42 Å². The molecule has 0 radical (unpaired) electrons. The monoisotopic (exact) mass is 362 g/mol. The predicted molar refractivity (Wildman–Crippen MR) is 108 cm³/mol. The van der Waals surface area contributed by atoms with E-state index in [9.17, 15) is 0 Å². The number of nitrogens with two attached hydrogens (primary N) is 2. The van der Waals surface area contributed by atoms with E-state index >= 15 is 0 Å². The number of azo groups is 1. The predicted octanol–water partition coefficient (Wildman–Crippen LogP) is 5.11. The van der Waals surface area contributed by atoms with Crippen LogP contribution in [0, 0.1) is 0 Å². The fourth-order valence-electron chi connectivity index (χ4n) is 2.35. The summed E-state index contributed by atoms with van der Waals surface area (Å²) >= 11 is 0. The third-order valence-corrected chi connectivity index (χ3v) is 3.72. The van der Waals surface area contributed by atoms with E-state index in [1.807, 2.05) is 54.6 Å². The van der Waals surface area contributed by atoms with E-state index in [-0.39, 0.29) is 0 Å². The molecule has 138 valence electrons. The Bertz CT molecular complexity index is 880. The Kier molecular flexibility index (Phi) is 6.25. The highest BCUT2D eigenvalue weighted by atomic mass is 16.5. The number of anilines is 2. The van der Waals surface area contributed by atoms with Crippen LogP contribution in [0.4, 0.5) is 22.7 Å². The summed E-state index contributed by atoms with van der Waals surface area (Å²) in [5, 5.41) is 8.39. The lowest BCUT2D eigenvalue weighted by Crippen LogP contribution is -2.06. The number of nitrogens with zero attached hydrogens (tertiary/aromatic N) is 2. The van der Waals surface area contributed by atoms with Gasteiger partial charge in [0.1, 0.15) is 11.5 Å². The molecule has 0 heterocycles. The summed E-state index contributed by atoms with van der Waals surface area (Å²) in [7, 11) is 0. The van der Waals surface area contributed by atoms with Gasteiger partial charge in [-0.15, -0.1) is 0 Å². The molecule has 0 saturated heterocycles. The summed E-state index contributed by atoms with van der Waals surface area (Å²) in [5.74, 6) is 1.41. The average molecular weight is 362 g/mol. The molecule has 0 aliphatic heterocycles. The number of rotatable bonds is 8. The first-order chi connectivity index (χ1) is 13.2. The highest BCUT2D eigenvalue weighted by Gasteiger charge is 2.01. The van der Waals surface area contributed by atoms with Crippen LogP contribution in [-0.2, 0) is 0 Å². The molecule has 27 heavy (non-hydrogen) atoms. The van der Waals surface area contributed by atoms with Crippen molar-refractivity contribution in [2.24, 2.45) is 10.2 Å². The van der Waals surface area contributed by atoms with Gasteiger partial charge >= 0.3 is 0 Å². The maximum atomic E-state index is 5.85. The van der Waals surface area contributed by atoms with Gasteiger partial charge in [0.2, 0.25) is 0 Å². The van der Waals surface area contributed by atoms with Gasteiger partial charge in [-0.3, -0.25) is 0 Å². The van der Waals surface area contributed by atoms with Crippen LogP contribution in [0.3, 0.4) is 0 Å². The molecule has 3 aromatic rings. The van der Waals surface area contributed by atoms with Crippen molar-refractivity contribution in [3.63, 3.8) is 0 Å². The normalized spacial score (nSPS) is 10.8.